The molecule has 40 heavy (non-hydrogen) atoms. The molecule has 5 nitrogen and oxygen atoms in total. The summed E-state index contributed by atoms with van der Waals surface area (Å²) in [5.74, 6) is 1.05. The van der Waals surface area contributed by atoms with E-state index < -0.39 is 0 Å². The van der Waals surface area contributed by atoms with Gasteiger partial charge < -0.3 is 9.80 Å². The lowest BCUT2D eigenvalue weighted by Gasteiger charge is -2.26. The molecule has 0 saturated carbocycles. The van der Waals surface area contributed by atoms with Gasteiger partial charge >= 0.3 is 0 Å². The Morgan fingerprint density at radius 2 is 1.50 bits per heavy atom. The molecule has 5 rings (SSSR count). The molecule has 4 aromatic rings. The first-order valence-corrected chi connectivity index (χ1v) is 14.7. The Kier molecular flexibility index (Phi) is 7.76. The van der Waals surface area contributed by atoms with E-state index in [9.17, 15) is 0 Å². The zero-order valence-corrected chi connectivity index (χ0v) is 25.4. The third-order valence-corrected chi connectivity index (χ3v) is 7.94. The number of aryl methyl sites for hydroxylation is 2. The second-order valence-corrected chi connectivity index (χ2v) is 13.4. The Morgan fingerprint density at radius 1 is 0.800 bits per heavy atom. The number of hydrogen-bond acceptors (Lipinski definition) is 4. The molecule has 2 aromatic heterocycles. The van der Waals surface area contributed by atoms with Gasteiger partial charge in [0, 0.05) is 29.7 Å². The van der Waals surface area contributed by atoms with Crippen molar-refractivity contribution >= 4 is 17.2 Å². The summed E-state index contributed by atoms with van der Waals surface area (Å²) in [4.78, 5) is 9.94. The SMILES string of the molecule is Cc1cc(CCCCCN2CN(c3ccccc3)c3ncc(-c4cc(C(C)(C)C)cc(C(C)(C)C)c4)cc32)n[nH]1. The minimum absolute atomic E-state index is 0.0743. The molecule has 1 aliphatic rings. The molecular weight excluding hydrogens is 490 g/mol. The first kappa shape index (κ1) is 27.9. The summed E-state index contributed by atoms with van der Waals surface area (Å²) >= 11 is 0. The molecular formula is C35H45N5. The number of pyridine rings is 1. The Morgan fingerprint density at radius 3 is 2.12 bits per heavy atom. The highest BCUT2D eigenvalue weighted by atomic mass is 15.4. The monoisotopic (exact) mass is 535 g/mol. The Hall–Kier alpha value is -3.60. The van der Waals surface area contributed by atoms with E-state index in [-0.39, 0.29) is 10.8 Å². The fraction of sp³-hybridized carbons (Fsp3) is 0.429. The van der Waals surface area contributed by atoms with Gasteiger partial charge in [-0.25, -0.2) is 4.98 Å². The first-order valence-electron chi connectivity index (χ1n) is 14.7. The van der Waals surface area contributed by atoms with Crippen molar-refractivity contribution in [3.63, 3.8) is 0 Å². The van der Waals surface area contributed by atoms with Gasteiger partial charge in [0.05, 0.1) is 18.1 Å². The van der Waals surface area contributed by atoms with Crippen molar-refractivity contribution in [2.45, 2.75) is 85.0 Å². The summed E-state index contributed by atoms with van der Waals surface area (Å²) in [5.41, 5.74) is 10.0. The van der Waals surface area contributed by atoms with Crippen LogP contribution in [-0.2, 0) is 17.3 Å². The molecule has 5 heteroatoms. The van der Waals surface area contributed by atoms with Crippen LogP contribution in [0.1, 0.15) is 83.3 Å². The lowest BCUT2D eigenvalue weighted by molar-refractivity contribution is 0.569. The molecule has 0 unspecified atom stereocenters. The second-order valence-electron chi connectivity index (χ2n) is 13.4. The van der Waals surface area contributed by atoms with Gasteiger partial charge in [0.25, 0.3) is 0 Å². The maximum absolute atomic E-state index is 5.09. The van der Waals surface area contributed by atoms with Gasteiger partial charge in [0.1, 0.15) is 0 Å². The largest absolute Gasteiger partial charge is 0.350 e. The maximum Gasteiger partial charge on any atom is 0.158 e. The number of rotatable bonds is 8. The number of fused-ring (bicyclic) bond motifs is 1. The van der Waals surface area contributed by atoms with E-state index in [1.807, 2.05) is 0 Å². The predicted molar refractivity (Wildman–Crippen MR) is 169 cm³/mol. The van der Waals surface area contributed by atoms with E-state index in [1.165, 1.54) is 45.7 Å². The van der Waals surface area contributed by atoms with Gasteiger partial charge in [0.15, 0.2) is 5.82 Å². The molecule has 210 valence electrons. The summed E-state index contributed by atoms with van der Waals surface area (Å²) in [5, 5.41) is 7.45. The van der Waals surface area contributed by atoms with Crippen LogP contribution in [0.2, 0.25) is 0 Å². The molecule has 2 aromatic carbocycles. The molecule has 1 aliphatic heterocycles. The average Bonchev–Trinajstić information content (AvgIpc) is 3.50. The number of nitrogens with zero attached hydrogens (tertiary/aromatic N) is 4. The minimum Gasteiger partial charge on any atom is -0.350 e. The van der Waals surface area contributed by atoms with Crippen LogP contribution < -0.4 is 9.80 Å². The number of para-hydroxylation sites is 1. The van der Waals surface area contributed by atoms with E-state index in [2.05, 4.69) is 135 Å². The lowest BCUT2D eigenvalue weighted by Crippen LogP contribution is -2.28. The fourth-order valence-electron chi connectivity index (χ4n) is 5.41. The van der Waals surface area contributed by atoms with Crippen LogP contribution in [0.15, 0.2) is 66.9 Å². The van der Waals surface area contributed by atoms with Crippen molar-refractivity contribution in [2.24, 2.45) is 0 Å². The number of anilines is 3. The van der Waals surface area contributed by atoms with Crippen LogP contribution in [-0.4, -0.2) is 28.4 Å². The molecule has 0 atom stereocenters. The van der Waals surface area contributed by atoms with Gasteiger partial charge in [-0.1, -0.05) is 84.4 Å². The Balaban J connectivity index is 1.43. The number of H-pyrrole nitrogens is 1. The molecule has 0 spiro atoms. The summed E-state index contributed by atoms with van der Waals surface area (Å²) in [7, 11) is 0. The summed E-state index contributed by atoms with van der Waals surface area (Å²) in [6.07, 6.45) is 6.57. The first-order chi connectivity index (χ1) is 19.0. The van der Waals surface area contributed by atoms with Gasteiger partial charge in [-0.3, -0.25) is 5.10 Å². The van der Waals surface area contributed by atoms with Crippen molar-refractivity contribution in [3.05, 3.63) is 89.4 Å². The zero-order valence-electron chi connectivity index (χ0n) is 25.4. The molecule has 0 radical (unpaired) electrons. The van der Waals surface area contributed by atoms with Gasteiger partial charge in [0.2, 0.25) is 0 Å². The number of unbranched alkanes of at least 4 members (excludes halogenated alkanes) is 2. The maximum atomic E-state index is 5.09. The highest BCUT2D eigenvalue weighted by Crippen LogP contribution is 2.42. The highest BCUT2D eigenvalue weighted by molar-refractivity contribution is 5.83. The van der Waals surface area contributed by atoms with Gasteiger partial charge in [-0.2, -0.15) is 5.10 Å². The molecule has 1 N–H and O–H groups in total. The fourth-order valence-corrected chi connectivity index (χ4v) is 5.41. The van der Waals surface area contributed by atoms with Crippen LogP contribution in [0.25, 0.3) is 11.1 Å². The van der Waals surface area contributed by atoms with E-state index in [4.69, 9.17) is 4.98 Å². The van der Waals surface area contributed by atoms with E-state index in [1.54, 1.807) is 0 Å². The Bertz CT molecular complexity index is 1410. The number of benzene rings is 2. The number of aromatic amines is 1. The zero-order chi connectivity index (χ0) is 28.5. The van der Waals surface area contributed by atoms with Crippen LogP contribution in [0.4, 0.5) is 17.2 Å². The van der Waals surface area contributed by atoms with Crippen molar-refractivity contribution in [3.8, 4) is 11.1 Å². The molecule has 0 fully saturated rings. The second kappa shape index (κ2) is 11.1. The smallest absolute Gasteiger partial charge is 0.158 e. The van der Waals surface area contributed by atoms with E-state index in [0.717, 1.165) is 44.0 Å². The highest BCUT2D eigenvalue weighted by Gasteiger charge is 2.29. The number of hydrogen-bond donors (Lipinski definition) is 1. The van der Waals surface area contributed by atoms with Crippen LogP contribution in [0.3, 0.4) is 0 Å². The molecule has 0 bridgehead atoms. The molecule has 3 heterocycles. The minimum atomic E-state index is 0.0743. The van der Waals surface area contributed by atoms with Gasteiger partial charge in [-0.05, 0) is 78.0 Å². The lowest BCUT2D eigenvalue weighted by atomic mass is 9.79. The molecule has 0 amide bonds. The van der Waals surface area contributed by atoms with Crippen LogP contribution in [0, 0.1) is 6.92 Å². The predicted octanol–water partition coefficient (Wildman–Crippen LogP) is 8.70. The standard InChI is InChI=1S/C35H45N5/c1-25-18-30(38-37-25)14-10-9-13-17-39-24-40(31-15-11-8-12-16-31)33-32(39)21-27(23-36-33)26-19-28(34(2,3)4)22-29(20-26)35(5,6)7/h8,11-12,15-16,18-23H,9-10,13-14,17,24H2,1-7H3,(H,37,38). The topological polar surface area (TPSA) is 48.1 Å². The number of nitrogens with one attached hydrogen (secondary N) is 1. The van der Waals surface area contributed by atoms with Crippen LogP contribution >= 0.6 is 0 Å². The number of aromatic nitrogens is 3. The normalized spacial score (nSPS) is 13.7. The van der Waals surface area contributed by atoms with Crippen LogP contribution in [0.5, 0.6) is 0 Å². The quantitative estimate of drug-likeness (QED) is 0.229. The Labute approximate surface area is 240 Å². The van der Waals surface area contributed by atoms with E-state index in [0.29, 0.717) is 0 Å². The average molecular weight is 536 g/mol. The van der Waals surface area contributed by atoms with Crippen molar-refractivity contribution in [2.75, 3.05) is 23.0 Å². The molecule has 0 saturated heterocycles. The third kappa shape index (κ3) is 6.24. The van der Waals surface area contributed by atoms with E-state index >= 15 is 0 Å². The molecule has 0 aliphatic carbocycles. The van der Waals surface area contributed by atoms with Crippen molar-refractivity contribution < 1.29 is 0 Å². The van der Waals surface area contributed by atoms with Gasteiger partial charge in [-0.15, -0.1) is 0 Å². The summed E-state index contributed by atoms with van der Waals surface area (Å²) < 4.78 is 0. The van der Waals surface area contributed by atoms with Crippen molar-refractivity contribution in [1.29, 1.82) is 0 Å². The summed E-state index contributed by atoms with van der Waals surface area (Å²) in [6.45, 7) is 17.7. The summed E-state index contributed by atoms with van der Waals surface area (Å²) in [6, 6.07) is 22.3. The third-order valence-electron chi connectivity index (χ3n) is 7.94. The van der Waals surface area contributed by atoms with Crippen molar-refractivity contribution in [1.82, 2.24) is 15.2 Å².